The molecule has 0 radical (unpaired) electrons. The molecule has 0 saturated heterocycles. The van der Waals surface area contributed by atoms with E-state index in [0.717, 1.165) is 10.8 Å². The predicted octanol–water partition coefficient (Wildman–Crippen LogP) is 6.92. The number of hydrogen-bond acceptors (Lipinski definition) is 1. The van der Waals surface area contributed by atoms with E-state index in [9.17, 15) is 0 Å². The van der Waals surface area contributed by atoms with Crippen LogP contribution in [0.15, 0.2) is 101 Å². The number of furan rings is 1. The van der Waals surface area contributed by atoms with Crippen molar-refractivity contribution in [2.24, 2.45) is 0 Å². The number of para-hydroxylation sites is 1. The normalized spacial score (nSPS) is 16.2. The summed E-state index contributed by atoms with van der Waals surface area (Å²) in [6, 6.07) is 7.96. The van der Waals surface area contributed by atoms with Gasteiger partial charge >= 0.3 is 0 Å². The van der Waals surface area contributed by atoms with E-state index in [1.54, 1.807) is 18.2 Å². The smallest absolute Gasteiger partial charge is 0.136 e. The zero-order valence-corrected chi connectivity index (χ0v) is 12.9. The van der Waals surface area contributed by atoms with Crippen molar-refractivity contribution in [1.82, 2.24) is 0 Å². The van der Waals surface area contributed by atoms with E-state index in [-0.39, 0.29) is 28.8 Å². The van der Waals surface area contributed by atoms with E-state index in [2.05, 4.69) is 0 Å². The molecule has 0 aliphatic heterocycles. The van der Waals surface area contributed by atoms with Crippen molar-refractivity contribution < 1.29 is 16.8 Å². The lowest BCUT2D eigenvalue weighted by Gasteiger charge is -2.05. The van der Waals surface area contributed by atoms with Gasteiger partial charge in [0.15, 0.2) is 0 Å². The van der Waals surface area contributed by atoms with Crippen LogP contribution in [0.3, 0.4) is 0 Å². The van der Waals surface area contributed by atoms with Gasteiger partial charge in [0.2, 0.25) is 0 Å². The molecule has 4 aromatic carbocycles. The first-order chi connectivity index (χ1) is 16.1. The monoisotopic (exact) mass is 329 g/mol. The lowest BCUT2D eigenvalue weighted by Crippen LogP contribution is -1.80. The second-order valence-electron chi connectivity index (χ2n) is 5.56. The lowest BCUT2D eigenvalue weighted by atomic mass is 9.99. The highest BCUT2D eigenvalue weighted by Gasteiger charge is 2.08. The van der Waals surface area contributed by atoms with E-state index in [1.807, 2.05) is 24.3 Å². The van der Waals surface area contributed by atoms with E-state index < -0.39 is 42.3 Å². The van der Waals surface area contributed by atoms with Crippen LogP contribution in [-0.2, 0) is 0 Å². The van der Waals surface area contributed by atoms with Crippen molar-refractivity contribution in [1.29, 1.82) is 0 Å². The molecule has 0 unspecified atom stereocenters. The minimum Gasteiger partial charge on any atom is -0.456 e. The molecule has 118 valence electrons. The lowest BCUT2D eigenvalue weighted by molar-refractivity contribution is 0.669. The van der Waals surface area contributed by atoms with E-state index in [1.165, 1.54) is 0 Å². The van der Waals surface area contributed by atoms with Crippen LogP contribution in [-0.4, -0.2) is 0 Å². The molecule has 0 atom stereocenters. The summed E-state index contributed by atoms with van der Waals surface area (Å²) in [6.07, 6.45) is 0. The molecule has 0 aliphatic carbocycles. The van der Waals surface area contributed by atoms with Crippen molar-refractivity contribution in [2.75, 3.05) is 0 Å². The molecule has 1 heterocycles. The number of benzene rings is 4. The topological polar surface area (TPSA) is 13.1 Å². The van der Waals surface area contributed by atoms with Crippen molar-refractivity contribution >= 4 is 21.9 Å². The summed E-state index contributed by atoms with van der Waals surface area (Å²) in [5, 5.41) is 1.77. The summed E-state index contributed by atoms with van der Waals surface area (Å²) in [4.78, 5) is 0. The van der Waals surface area contributed by atoms with Crippen LogP contribution in [0, 0.1) is 0 Å². The maximum Gasteiger partial charge on any atom is 0.136 e. The van der Waals surface area contributed by atoms with Crippen LogP contribution in [0.5, 0.6) is 0 Å². The summed E-state index contributed by atoms with van der Waals surface area (Å²) < 4.78 is 80.1. The molecule has 5 rings (SSSR count). The van der Waals surface area contributed by atoms with E-state index in [0.29, 0.717) is 16.7 Å². The van der Waals surface area contributed by atoms with Crippen molar-refractivity contribution in [3.8, 4) is 22.3 Å². The van der Waals surface area contributed by atoms with E-state index >= 15 is 0 Å². The Morgan fingerprint density at radius 2 is 1.20 bits per heavy atom. The van der Waals surface area contributed by atoms with Crippen LogP contribution >= 0.6 is 0 Å². The Hall–Kier alpha value is -3.32. The maximum absolute atomic E-state index is 8.59. The summed E-state index contributed by atoms with van der Waals surface area (Å²) in [6.45, 7) is 0. The molecule has 1 aromatic heterocycles. The van der Waals surface area contributed by atoms with Crippen molar-refractivity contribution in [2.45, 2.75) is 0 Å². The number of rotatable bonds is 2. The highest BCUT2D eigenvalue weighted by molar-refractivity contribution is 6.05. The second kappa shape index (κ2) is 5.64. The van der Waals surface area contributed by atoms with Crippen molar-refractivity contribution in [3.05, 3.63) is 96.8 Å². The number of fused-ring (bicyclic) bond motifs is 3. The Labute approximate surface area is 158 Å². The average Bonchev–Trinajstić information content (AvgIpc) is 3.20. The standard InChI is InChI=1S/C24H16O/c1-2-6-17(7-3-1)18-10-12-19(13-11-18)20-14-15-22-21-8-4-5-9-23(21)25-24(22)16-20/h1-16H/i1D,2D,3D,6D,7D,10D,11D,12D,13D. The van der Waals surface area contributed by atoms with Crippen LogP contribution in [0.1, 0.15) is 12.3 Å². The summed E-state index contributed by atoms with van der Waals surface area (Å²) in [5.74, 6) is 0. The highest BCUT2D eigenvalue weighted by Crippen LogP contribution is 2.32. The highest BCUT2D eigenvalue weighted by atomic mass is 16.3. The Morgan fingerprint density at radius 1 is 0.560 bits per heavy atom. The Morgan fingerprint density at radius 3 is 2.00 bits per heavy atom. The zero-order valence-electron chi connectivity index (χ0n) is 21.9. The molecule has 0 N–H and O–H groups in total. The van der Waals surface area contributed by atoms with Crippen LogP contribution in [0.2, 0.25) is 0 Å². The van der Waals surface area contributed by atoms with Crippen LogP contribution in [0.4, 0.5) is 0 Å². The van der Waals surface area contributed by atoms with Gasteiger partial charge in [-0.2, -0.15) is 0 Å². The van der Waals surface area contributed by atoms with Gasteiger partial charge in [0.1, 0.15) is 11.2 Å². The molecule has 0 spiro atoms. The van der Waals surface area contributed by atoms with Crippen molar-refractivity contribution in [3.63, 3.8) is 0 Å². The first kappa shape index (κ1) is 7.71. The molecular weight excluding hydrogens is 304 g/mol. The third-order valence-corrected chi connectivity index (χ3v) is 4.04. The minimum atomic E-state index is -0.604. The molecule has 5 aromatic rings. The fraction of sp³-hybridized carbons (Fsp3) is 0. The zero-order chi connectivity index (χ0) is 24.5. The summed E-state index contributed by atoms with van der Waals surface area (Å²) >= 11 is 0. The molecule has 0 amide bonds. The van der Waals surface area contributed by atoms with Gasteiger partial charge in [0.25, 0.3) is 0 Å². The molecule has 25 heavy (non-hydrogen) atoms. The molecule has 0 aliphatic rings. The van der Waals surface area contributed by atoms with Gasteiger partial charge in [-0.25, -0.2) is 0 Å². The maximum atomic E-state index is 8.59. The first-order valence-corrected chi connectivity index (χ1v) is 7.72. The first-order valence-electron chi connectivity index (χ1n) is 12.2. The van der Waals surface area contributed by atoms with Gasteiger partial charge in [-0.05, 0) is 40.5 Å². The largest absolute Gasteiger partial charge is 0.456 e. The quantitative estimate of drug-likeness (QED) is 0.342. The summed E-state index contributed by atoms with van der Waals surface area (Å²) in [5.41, 5.74) is 0.975. The minimum absolute atomic E-state index is 0.0356. The fourth-order valence-corrected chi connectivity index (χ4v) is 2.84. The van der Waals surface area contributed by atoms with E-state index in [4.69, 9.17) is 16.8 Å². The molecule has 1 nitrogen and oxygen atoms in total. The third kappa shape index (κ3) is 2.41. The Kier molecular flexibility index (Phi) is 1.74. The SMILES string of the molecule is [2H]c1c([2H])c([2H])c(-c2c([2H])c([2H])c(-c3ccc4c(c3)oc3ccccc34)c([2H])c2[2H])c([2H])c1[2H]. The molecule has 0 saturated carbocycles. The third-order valence-electron chi connectivity index (χ3n) is 4.04. The van der Waals surface area contributed by atoms with Gasteiger partial charge in [0, 0.05) is 10.8 Å². The average molecular weight is 329 g/mol. The predicted molar refractivity (Wildman–Crippen MR) is 105 cm³/mol. The second-order valence-corrected chi connectivity index (χ2v) is 5.56. The Balaban J connectivity index is 1.78. The fourth-order valence-electron chi connectivity index (χ4n) is 2.84. The van der Waals surface area contributed by atoms with Gasteiger partial charge in [-0.1, -0.05) is 78.6 Å². The van der Waals surface area contributed by atoms with Crippen LogP contribution < -0.4 is 0 Å². The van der Waals surface area contributed by atoms with Gasteiger partial charge in [0.05, 0.1) is 12.3 Å². The van der Waals surface area contributed by atoms with Gasteiger partial charge in [-0.3, -0.25) is 0 Å². The molecule has 1 heteroatoms. The van der Waals surface area contributed by atoms with Gasteiger partial charge in [-0.15, -0.1) is 0 Å². The number of hydrogen-bond donors (Lipinski definition) is 0. The molecule has 0 fully saturated rings. The summed E-state index contributed by atoms with van der Waals surface area (Å²) in [7, 11) is 0. The van der Waals surface area contributed by atoms with Crippen LogP contribution in [0.25, 0.3) is 44.2 Å². The Bertz CT molecular complexity index is 1590. The molecule has 0 bridgehead atoms. The molecular formula is C24H16O. The van der Waals surface area contributed by atoms with Gasteiger partial charge < -0.3 is 4.42 Å².